The van der Waals surface area contributed by atoms with Crippen LogP contribution < -0.4 is 9.62 Å². The predicted molar refractivity (Wildman–Crippen MR) is 131 cm³/mol. The number of nitro benzene ring substituents is 2. The molecule has 17 heteroatoms. The van der Waals surface area contributed by atoms with Gasteiger partial charge in [-0.05, 0) is 42.5 Å². The molecule has 0 aliphatic rings. The first-order valence-electron chi connectivity index (χ1n) is 9.99. The summed E-state index contributed by atoms with van der Waals surface area (Å²) in [6.45, 7) is -1.09. The van der Waals surface area contributed by atoms with Crippen LogP contribution >= 0.6 is 23.2 Å². The number of anilines is 2. The molecule has 3 aromatic carbocycles. The fourth-order valence-electron chi connectivity index (χ4n) is 3.15. The molecule has 0 spiro atoms. The zero-order valence-corrected chi connectivity index (χ0v) is 20.8. The molecule has 0 atom stereocenters. The van der Waals surface area contributed by atoms with Gasteiger partial charge in [0.05, 0.1) is 31.7 Å². The van der Waals surface area contributed by atoms with Gasteiger partial charge in [-0.1, -0.05) is 23.2 Å². The van der Waals surface area contributed by atoms with Crippen molar-refractivity contribution >= 4 is 61.9 Å². The third kappa shape index (κ3) is 6.30. The van der Waals surface area contributed by atoms with Crippen molar-refractivity contribution in [1.82, 2.24) is 0 Å². The summed E-state index contributed by atoms with van der Waals surface area (Å²) in [6, 6.07) is 9.12. The fourth-order valence-corrected chi connectivity index (χ4v) is 4.91. The second-order valence-corrected chi connectivity index (χ2v) is 10.1. The average molecular weight is 593 g/mol. The monoisotopic (exact) mass is 592 g/mol. The highest BCUT2D eigenvalue weighted by Crippen LogP contribution is 2.37. The molecule has 0 saturated heterocycles. The lowest BCUT2D eigenvalue weighted by Crippen LogP contribution is -2.38. The molecular weight excluding hydrogens is 580 g/mol. The molecule has 0 saturated carbocycles. The zero-order chi connectivity index (χ0) is 28.4. The SMILES string of the molecule is O=C(CN(c1ccc(Cl)cc1)S(=O)(=O)c1ccc(Cl)c([N+](=O)[O-])c1)Nc1ccc([N+](=O)[O-])cc1C(F)(F)F. The standard InChI is InChI=1S/C21H13Cl2F3N4O7S/c22-12-1-3-13(4-2-12)28(38(36,37)15-6-7-17(23)19(10-15)30(34)35)11-20(31)27-18-8-5-14(29(32)33)9-16(18)21(24,25)26/h1-10H,11H2,(H,27,31). The third-order valence-corrected chi connectivity index (χ3v) is 7.24. The molecule has 0 aromatic heterocycles. The maximum Gasteiger partial charge on any atom is 0.418 e. The maximum absolute atomic E-state index is 13.5. The summed E-state index contributed by atoms with van der Waals surface area (Å²) in [7, 11) is -4.73. The van der Waals surface area contributed by atoms with Gasteiger partial charge in [0.2, 0.25) is 5.91 Å². The fraction of sp³-hybridized carbons (Fsp3) is 0.0952. The Labute approximate surface area is 221 Å². The molecule has 200 valence electrons. The molecule has 3 rings (SSSR count). The van der Waals surface area contributed by atoms with Crippen molar-refractivity contribution in [3.8, 4) is 0 Å². The van der Waals surface area contributed by atoms with Crippen molar-refractivity contribution in [2.24, 2.45) is 0 Å². The minimum Gasteiger partial charge on any atom is -0.324 e. The van der Waals surface area contributed by atoms with E-state index in [2.05, 4.69) is 0 Å². The largest absolute Gasteiger partial charge is 0.418 e. The summed E-state index contributed by atoms with van der Waals surface area (Å²) >= 11 is 11.6. The van der Waals surface area contributed by atoms with Gasteiger partial charge >= 0.3 is 6.18 Å². The first-order chi connectivity index (χ1) is 17.6. The number of nitrogens with one attached hydrogen (secondary N) is 1. The van der Waals surface area contributed by atoms with Crippen molar-refractivity contribution < 1.29 is 36.2 Å². The van der Waals surface area contributed by atoms with Crippen LogP contribution in [-0.2, 0) is 21.0 Å². The summed E-state index contributed by atoms with van der Waals surface area (Å²) in [5.41, 5.74) is -4.17. The number of nitrogens with zero attached hydrogens (tertiary/aromatic N) is 3. The molecule has 0 unspecified atom stereocenters. The number of nitro groups is 2. The highest BCUT2D eigenvalue weighted by Gasteiger charge is 2.36. The molecule has 0 radical (unpaired) electrons. The van der Waals surface area contributed by atoms with Crippen LogP contribution in [-0.4, -0.2) is 30.7 Å². The molecule has 0 aliphatic carbocycles. The zero-order valence-electron chi connectivity index (χ0n) is 18.5. The second-order valence-electron chi connectivity index (χ2n) is 7.39. The van der Waals surface area contributed by atoms with Crippen LogP contribution in [0.1, 0.15) is 5.56 Å². The topological polar surface area (TPSA) is 153 Å². The Bertz CT molecular complexity index is 1530. The number of rotatable bonds is 8. The quantitative estimate of drug-likeness (QED) is 0.261. The molecule has 1 N–H and O–H groups in total. The van der Waals surface area contributed by atoms with E-state index >= 15 is 0 Å². The number of non-ortho nitro benzene ring substituents is 1. The highest BCUT2D eigenvalue weighted by atomic mass is 35.5. The van der Waals surface area contributed by atoms with Crippen LogP contribution in [0.2, 0.25) is 10.0 Å². The van der Waals surface area contributed by atoms with Crippen LogP contribution in [0.3, 0.4) is 0 Å². The van der Waals surface area contributed by atoms with Gasteiger partial charge < -0.3 is 5.32 Å². The molecule has 0 bridgehead atoms. The molecule has 1 amide bonds. The first-order valence-corrected chi connectivity index (χ1v) is 12.2. The number of amides is 1. The molecule has 0 aliphatic heterocycles. The van der Waals surface area contributed by atoms with Gasteiger partial charge in [0.15, 0.2) is 0 Å². The van der Waals surface area contributed by atoms with Crippen molar-refractivity contribution in [2.45, 2.75) is 11.1 Å². The van der Waals surface area contributed by atoms with E-state index < -0.39 is 66.0 Å². The first kappa shape index (κ1) is 28.6. The van der Waals surface area contributed by atoms with E-state index in [1.165, 1.54) is 24.3 Å². The maximum atomic E-state index is 13.5. The molecular formula is C21H13Cl2F3N4O7S. The van der Waals surface area contributed by atoms with Gasteiger partial charge in [0.25, 0.3) is 21.4 Å². The van der Waals surface area contributed by atoms with Gasteiger partial charge in [0.1, 0.15) is 11.6 Å². The van der Waals surface area contributed by atoms with E-state index in [1.54, 1.807) is 0 Å². The summed E-state index contributed by atoms with van der Waals surface area (Å²) in [5.74, 6) is -1.26. The number of sulfonamides is 1. The Morgan fingerprint density at radius 1 is 0.947 bits per heavy atom. The number of halogens is 5. The Hall–Kier alpha value is -3.95. The normalized spacial score (nSPS) is 11.6. The predicted octanol–water partition coefficient (Wildman–Crippen LogP) is 5.66. The molecule has 11 nitrogen and oxygen atoms in total. The van der Waals surface area contributed by atoms with Gasteiger partial charge in [0, 0.05) is 23.2 Å². The average Bonchev–Trinajstić information content (AvgIpc) is 2.82. The van der Waals surface area contributed by atoms with Crippen LogP contribution in [0, 0.1) is 20.2 Å². The van der Waals surface area contributed by atoms with Crippen molar-refractivity contribution in [1.29, 1.82) is 0 Å². The minimum atomic E-state index is -5.10. The van der Waals surface area contributed by atoms with E-state index in [-0.39, 0.29) is 21.8 Å². The Balaban J connectivity index is 2.04. The van der Waals surface area contributed by atoms with E-state index in [0.29, 0.717) is 16.4 Å². The van der Waals surface area contributed by atoms with Crippen molar-refractivity contribution in [2.75, 3.05) is 16.2 Å². The number of carbonyl (C=O) groups excluding carboxylic acids is 1. The van der Waals surface area contributed by atoms with Crippen LogP contribution in [0.5, 0.6) is 0 Å². The molecule has 38 heavy (non-hydrogen) atoms. The van der Waals surface area contributed by atoms with E-state index in [0.717, 1.165) is 18.2 Å². The second kappa shape index (κ2) is 10.8. The summed E-state index contributed by atoms with van der Waals surface area (Å²) in [5, 5.41) is 23.9. The Morgan fingerprint density at radius 3 is 2.13 bits per heavy atom. The summed E-state index contributed by atoms with van der Waals surface area (Å²) in [4.78, 5) is 32.3. The Morgan fingerprint density at radius 2 is 1.58 bits per heavy atom. The highest BCUT2D eigenvalue weighted by molar-refractivity contribution is 7.92. The lowest BCUT2D eigenvalue weighted by Gasteiger charge is -2.24. The third-order valence-electron chi connectivity index (χ3n) is 4.90. The number of benzene rings is 3. The van der Waals surface area contributed by atoms with Crippen LogP contribution in [0.25, 0.3) is 0 Å². The smallest absolute Gasteiger partial charge is 0.324 e. The minimum absolute atomic E-state index is 0.151. The van der Waals surface area contributed by atoms with Gasteiger partial charge in [-0.25, -0.2) is 8.42 Å². The van der Waals surface area contributed by atoms with Gasteiger partial charge in [-0.3, -0.25) is 29.3 Å². The van der Waals surface area contributed by atoms with E-state index in [4.69, 9.17) is 23.2 Å². The van der Waals surface area contributed by atoms with Crippen molar-refractivity contribution in [3.05, 3.63) is 96.5 Å². The molecule has 0 heterocycles. The summed E-state index contributed by atoms with van der Waals surface area (Å²) < 4.78 is 67.8. The number of alkyl halides is 3. The lowest BCUT2D eigenvalue weighted by molar-refractivity contribution is -0.385. The molecule has 3 aromatic rings. The van der Waals surface area contributed by atoms with Crippen molar-refractivity contribution in [3.63, 3.8) is 0 Å². The molecule has 0 fully saturated rings. The lowest BCUT2D eigenvalue weighted by atomic mass is 10.1. The number of hydrogen-bond donors (Lipinski definition) is 1. The number of hydrogen-bond acceptors (Lipinski definition) is 7. The van der Waals surface area contributed by atoms with E-state index in [1.807, 2.05) is 5.32 Å². The summed E-state index contributed by atoms with van der Waals surface area (Å²) in [6.07, 6.45) is -5.10. The van der Waals surface area contributed by atoms with Crippen LogP contribution in [0.15, 0.2) is 65.6 Å². The number of carbonyl (C=O) groups is 1. The van der Waals surface area contributed by atoms with Crippen LogP contribution in [0.4, 0.5) is 35.9 Å². The van der Waals surface area contributed by atoms with E-state index in [9.17, 15) is 46.6 Å². The van der Waals surface area contributed by atoms with Gasteiger partial charge in [-0.2, -0.15) is 13.2 Å². The van der Waals surface area contributed by atoms with Gasteiger partial charge in [-0.15, -0.1) is 0 Å². The Kier molecular flexibility index (Phi) is 8.14.